The minimum absolute atomic E-state index is 0.235. The van der Waals surface area contributed by atoms with Gasteiger partial charge in [0, 0.05) is 0 Å². The fourth-order valence-corrected chi connectivity index (χ4v) is 3.12. The third-order valence-corrected chi connectivity index (χ3v) is 4.92. The van der Waals surface area contributed by atoms with Crippen LogP contribution in [-0.4, -0.2) is 23.3 Å². The van der Waals surface area contributed by atoms with Gasteiger partial charge in [0.25, 0.3) is 0 Å². The van der Waals surface area contributed by atoms with E-state index in [1.54, 1.807) is 6.08 Å². The first-order chi connectivity index (χ1) is 11.7. The van der Waals surface area contributed by atoms with E-state index in [1.807, 2.05) is 6.08 Å². The standard InChI is InChI=1S/C21H38O3/c1-2-3-4-5-6-7-8-9-10-11-12-13-14-15-16-17-18-21(19-22)20(23)24-21/h17-18,22H,2-16,19H2,1H3/b18-17+/t21-/m1/s1. The van der Waals surface area contributed by atoms with Crippen LogP contribution in [0.3, 0.4) is 0 Å². The van der Waals surface area contributed by atoms with Crippen LogP contribution in [0.2, 0.25) is 0 Å². The molecule has 1 saturated heterocycles. The largest absolute Gasteiger partial charge is 0.437 e. The van der Waals surface area contributed by atoms with E-state index in [0.717, 1.165) is 12.8 Å². The summed E-state index contributed by atoms with van der Waals surface area (Å²) >= 11 is 0. The zero-order valence-electron chi connectivity index (χ0n) is 15.7. The molecule has 1 atom stereocenters. The highest BCUT2D eigenvalue weighted by Gasteiger charge is 2.55. The molecule has 0 spiro atoms. The van der Waals surface area contributed by atoms with Gasteiger partial charge in [0.15, 0.2) is 0 Å². The zero-order chi connectivity index (χ0) is 17.5. The molecule has 0 amide bonds. The Morgan fingerprint density at radius 2 is 1.25 bits per heavy atom. The number of aliphatic hydroxyl groups excluding tert-OH is 1. The van der Waals surface area contributed by atoms with Gasteiger partial charge in [-0.05, 0) is 18.9 Å². The SMILES string of the molecule is CCCCCCCCCCCCCCCC/C=C/[C@]1(CO)OC1=O. The lowest BCUT2D eigenvalue weighted by atomic mass is 10.0. The second-order valence-electron chi connectivity index (χ2n) is 7.22. The molecule has 1 heterocycles. The first kappa shape index (κ1) is 21.2. The number of carbonyl (C=O) groups is 1. The summed E-state index contributed by atoms with van der Waals surface area (Å²) in [5.74, 6) is -0.304. The first-order valence-electron chi connectivity index (χ1n) is 10.3. The van der Waals surface area contributed by atoms with Gasteiger partial charge in [-0.1, -0.05) is 96.5 Å². The Morgan fingerprint density at radius 1 is 0.833 bits per heavy atom. The second-order valence-corrected chi connectivity index (χ2v) is 7.22. The molecule has 0 aromatic rings. The normalized spacial score (nSPS) is 19.8. The summed E-state index contributed by atoms with van der Waals surface area (Å²) in [4.78, 5) is 11.0. The summed E-state index contributed by atoms with van der Waals surface area (Å²) in [6.45, 7) is 2.04. The van der Waals surface area contributed by atoms with Gasteiger partial charge in [-0.2, -0.15) is 0 Å². The molecule has 3 heteroatoms. The van der Waals surface area contributed by atoms with Crippen LogP contribution in [-0.2, 0) is 9.53 Å². The number of allylic oxidation sites excluding steroid dienone is 1. The van der Waals surface area contributed by atoms with Crippen molar-refractivity contribution in [3.8, 4) is 0 Å². The summed E-state index contributed by atoms with van der Waals surface area (Å²) in [5.41, 5.74) is -0.976. The Kier molecular flexibility index (Phi) is 11.9. The van der Waals surface area contributed by atoms with Crippen molar-refractivity contribution in [2.75, 3.05) is 6.61 Å². The van der Waals surface area contributed by atoms with E-state index in [4.69, 9.17) is 9.84 Å². The molecule has 140 valence electrons. The summed E-state index contributed by atoms with van der Waals surface area (Å²) < 4.78 is 4.80. The van der Waals surface area contributed by atoms with Crippen molar-refractivity contribution in [2.24, 2.45) is 0 Å². The second kappa shape index (κ2) is 13.5. The Bertz CT molecular complexity index is 351. The van der Waals surface area contributed by atoms with E-state index in [1.165, 1.54) is 83.5 Å². The highest BCUT2D eigenvalue weighted by molar-refractivity contribution is 5.95. The molecule has 0 bridgehead atoms. The molecule has 0 saturated carbocycles. The molecule has 0 unspecified atom stereocenters. The molecular weight excluding hydrogens is 300 g/mol. The van der Waals surface area contributed by atoms with Gasteiger partial charge in [0.2, 0.25) is 5.60 Å². The minimum atomic E-state index is -0.976. The number of epoxide rings is 1. The lowest BCUT2D eigenvalue weighted by molar-refractivity contribution is -0.117. The number of cyclic esters (lactones) is 1. The van der Waals surface area contributed by atoms with E-state index in [2.05, 4.69) is 6.92 Å². The molecule has 0 aliphatic carbocycles. The molecule has 1 fully saturated rings. The summed E-state index contributed by atoms with van der Waals surface area (Å²) in [7, 11) is 0. The van der Waals surface area contributed by atoms with Crippen molar-refractivity contribution >= 4 is 5.97 Å². The highest BCUT2D eigenvalue weighted by Crippen LogP contribution is 2.30. The summed E-state index contributed by atoms with van der Waals surface area (Å²) in [6.07, 6.45) is 23.8. The number of unbranched alkanes of at least 4 members (excludes halogenated alkanes) is 14. The van der Waals surface area contributed by atoms with Crippen molar-refractivity contribution in [3.05, 3.63) is 12.2 Å². The molecule has 1 aliphatic heterocycles. The molecule has 1 rings (SSSR count). The summed E-state index contributed by atoms with van der Waals surface area (Å²) in [5, 5.41) is 9.06. The number of ether oxygens (including phenoxy) is 1. The Balaban J connectivity index is 1.75. The quantitative estimate of drug-likeness (QED) is 0.210. The molecular formula is C21H38O3. The number of rotatable bonds is 17. The van der Waals surface area contributed by atoms with E-state index in [0.29, 0.717) is 0 Å². The number of hydrogen-bond donors (Lipinski definition) is 1. The van der Waals surface area contributed by atoms with Crippen molar-refractivity contribution in [3.63, 3.8) is 0 Å². The van der Waals surface area contributed by atoms with E-state index < -0.39 is 5.60 Å². The minimum Gasteiger partial charge on any atom is -0.437 e. The molecule has 0 radical (unpaired) electrons. The fraction of sp³-hybridized carbons (Fsp3) is 0.857. The molecule has 1 aliphatic rings. The average molecular weight is 339 g/mol. The first-order valence-corrected chi connectivity index (χ1v) is 10.3. The van der Waals surface area contributed by atoms with Crippen molar-refractivity contribution in [1.82, 2.24) is 0 Å². The zero-order valence-corrected chi connectivity index (χ0v) is 15.7. The Morgan fingerprint density at radius 3 is 1.62 bits per heavy atom. The van der Waals surface area contributed by atoms with Gasteiger partial charge in [-0.3, -0.25) is 0 Å². The topological polar surface area (TPSA) is 49.8 Å². The highest BCUT2D eigenvalue weighted by atomic mass is 16.7. The van der Waals surface area contributed by atoms with Crippen LogP contribution < -0.4 is 0 Å². The smallest absolute Gasteiger partial charge is 0.358 e. The van der Waals surface area contributed by atoms with Gasteiger partial charge in [-0.15, -0.1) is 0 Å². The molecule has 24 heavy (non-hydrogen) atoms. The van der Waals surface area contributed by atoms with Crippen LogP contribution in [0.1, 0.15) is 103 Å². The third-order valence-electron chi connectivity index (χ3n) is 4.92. The molecule has 1 N–H and O–H groups in total. The maximum absolute atomic E-state index is 11.0. The van der Waals surface area contributed by atoms with Crippen molar-refractivity contribution in [2.45, 2.75) is 109 Å². The third kappa shape index (κ3) is 9.46. The van der Waals surface area contributed by atoms with E-state index in [9.17, 15) is 4.79 Å². The lowest BCUT2D eigenvalue weighted by Crippen LogP contribution is -2.14. The van der Waals surface area contributed by atoms with Crippen molar-refractivity contribution in [1.29, 1.82) is 0 Å². The molecule has 0 aromatic carbocycles. The van der Waals surface area contributed by atoms with Gasteiger partial charge >= 0.3 is 5.97 Å². The van der Waals surface area contributed by atoms with E-state index >= 15 is 0 Å². The van der Waals surface area contributed by atoms with Gasteiger partial charge in [0.05, 0.1) is 6.61 Å². The average Bonchev–Trinajstić information content (AvgIpc) is 3.24. The lowest BCUT2D eigenvalue weighted by Gasteiger charge is -2.03. The van der Waals surface area contributed by atoms with Crippen molar-refractivity contribution < 1.29 is 14.6 Å². The van der Waals surface area contributed by atoms with E-state index in [-0.39, 0.29) is 12.6 Å². The maximum Gasteiger partial charge on any atom is 0.358 e. The van der Waals surface area contributed by atoms with Gasteiger partial charge in [-0.25, -0.2) is 4.79 Å². The molecule has 0 aromatic heterocycles. The number of carbonyl (C=O) groups excluding carboxylic acids is 1. The van der Waals surface area contributed by atoms with Crippen LogP contribution in [0.25, 0.3) is 0 Å². The monoisotopic (exact) mass is 338 g/mol. The van der Waals surface area contributed by atoms with Crippen LogP contribution in [0.4, 0.5) is 0 Å². The Hall–Kier alpha value is -0.830. The van der Waals surface area contributed by atoms with Crippen LogP contribution in [0, 0.1) is 0 Å². The van der Waals surface area contributed by atoms with Gasteiger partial charge < -0.3 is 9.84 Å². The summed E-state index contributed by atoms with van der Waals surface area (Å²) in [6, 6.07) is 0. The predicted molar refractivity (Wildman–Crippen MR) is 100.0 cm³/mol. The molecule has 3 nitrogen and oxygen atoms in total. The predicted octanol–water partition coefficient (Wildman–Crippen LogP) is 5.70. The van der Waals surface area contributed by atoms with Crippen LogP contribution in [0.15, 0.2) is 12.2 Å². The van der Waals surface area contributed by atoms with Crippen LogP contribution >= 0.6 is 0 Å². The van der Waals surface area contributed by atoms with Crippen LogP contribution in [0.5, 0.6) is 0 Å². The van der Waals surface area contributed by atoms with Gasteiger partial charge in [0.1, 0.15) is 0 Å². The number of hydrogen-bond acceptors (Lipinski definition) is 3. The Labute approximate surface area is 148 Å². The maximum atomic E-state index is 11.0. The number of aliphatic hydroxyl groups is 1. The fourth-order valence-electron chi connectivity index (χ4n) is 3.12.